The molecule has 1 aromatic rings. The van der Waals surface area contributed by atoms with E-state index in [0.717, 1.165) is 6.54 Å². The van der Waals surface area contributed by atoms with Gasteiger partial charge in [-0.2, -0.15) is 16.9 Å². The number of aromatic nitrogens is 2. The van der Waals surface area contributed by atoms with Crippen molar-refractivity contribution < 1.29 is 0 Å². The van der Waals surface area contributed by atoms with Crippen molar-refractivity contribution >= 4 is 34.4 Å². The van der Waals surface area contributed by atoms with E-state index >= 15 is 0 Å². The third-order valence-electron chi connectivity index (χ3n) is 1.48. The predicted octanol–water partition coefficient (Wildman–Crippen LogP) is 2.63. The van der Waals surface area contributed by atoms with E-state index in [1.165, 1.54) is 21.5 Å². The van der Waals surface area contributed by atoms with E-state index in [0.29, 0.717) is 0 Å². The van der Waals surface area contributed by atoms with E-state index in [1.54, 1.807) is 0 Å². The molecule has 0 radical (unpaired) electrons. The molecule has 0 aliphatic heterocycles. The van der Waals surface area contributed by atoms with E-state index < -0.39 is 0 Å². The highest BCUT2D eigenvalue weighted by atomic mass is 127. The van der Waals surface area contributed by atoms with Crippen LogP contribution in [0.1, 0.15) is 13.3 Å². The predicted molar refractivity (Wildman–Crippen MR) is 62.6 cm³/mol. The molecule has 0 aromatic carbocycles. The van der Waals surface area contributed by atoms with Crippen molar-refractivity contribution in [2.45, 2.75) is 19.9 Å². The topological polar surface area (TPSA) is 17.8 Å². The van der Waals surface area contributed by atoms with Crippen LogP contribution < -0.4 is 0 Å². The molecule has 68 valence electrons. The Morgan fingerprint density at radius 3 is 3.08 bits per heavy atom. The Balaban J connectivity index is 2.15. The number of hydrogen-bond acceptors (Lipinski definition) is 2. The fraction of sp³-hybridized carbons (Fsp3) is 0.625. The molecule has 0 bridgehead atoms. The summed E-state index contributed by atoms with van der Waals surface area (Å²) in [5.41, 5.74) is 0. The van der Waals surface area contributed by atoms with Crippen LogP contribution in [0.15, 0.2) is 12.4 Å². The smallest absolute Gasteiger partial charge is 0.0623 e. The number of aryl methyl sites for hydroxylation is 1. The third-order valence-corrected chi connectivity index (χ3v) is 3.02. The second kappa shape index (κ2) is 5.85. The van der Waals surface area contributed by atoms with Gasteiger partial charge in [-0.05, 0) is 40.5 Å². The van der Waals surface area contributed by atoms with Gasteiger partial charge in [-0.3, -0.25) is 4.68 Å². The molecule has 0 N–H and O–H groups in total. The lowest BCUT2D eigenvalue weighted by atomic mass is 10.5. The molecular formula is C8H13IN2S. The van der Waals surface area contributed by atoms with Crippen LogP contribution in [-0.4, -0.2) is 21.3 Å². The Morgan fingerprint density at radius 2 is 2.50 bits per heavy atom. The number of nitrogens with zero attached hydrogens (tertiary/aromatic N) is 2. The highest BCUT2D eigenvalue weighted by Crippen LogP contribution is 2.04. The summed E-state index contributed by atoms with van der Waals surface area (Å²) in [6.07, 6.45) is 5.20. The van der Waals surface area contributed by atoms with Crippen molar-refractivity contribution in [2.24, 2.45) is 0 Å². The van der Waals surface area contributed by atoms with E-state index in [-0.39, 0.29) is 0 Å². The highest BCUT2D eigenvalue weighted by molar-refractivity contribution is 14.1. The van der Waals surface area contributed by atoms with Gasteiger partial charge in [-0.25, -0.2) is 0 Å². The summed E-state index contributed by atoms with van der Waals surface area (Å²) in [6, 6.07) is 0. The Kier molecular flexibility index (Phi) is 5.06. The van der Waals surface area contributed by atoms with Crippen molar-refractivity contribution in [3.05, 3.63) is 16.0 Å². The molecule has 2 nitrogen and oxygen atoms in total. The monoisotopic (exact) mass is 296 g/mol. The first-order valence-corrected chi connectivity index (χ1v) is 6.32. The van der Waals surface area contributed by atoms with Gasteiger partial charge in [0.15, 0.2) is 0 Å². The fourth-order valence-electron chi connectivity index (χ4n) is 0.934. The fourth-order valence-corrected chi connectivity index (χ4v) is 2.00. The molecule has 0 saturated carbocycles. The number of hydrogen-bond donors (Lipinski definition) is 0. The zero-order chi connectivity index (χ0) is 8.81. The molecule has 1 rings (SSSR count). The number of rotatable bonds is 5. The molecule has 0 spiro atoms. The van der Waals surface area contributed by atoms with Crippen LogP contribution in [0.4, 0.5) is 0 Å². The van der Waals surface area contributed by atoms with Gasteiger partial charge in [0, 0.05) is 12.7 Å². The summed E-state index contributed by atoms with van der Waals surface area (Å²) in [4.78, 5) is 0. The first-order valence-electron chi connectivity index (χ1n) is 4.08. The molecule has 0 atom stereocenters. The minimum Gasteiger partial charge on any atom is -0.272 e. The zero-order valence-electron chi connectivity index (χ0n) is 7.16. The SMILES string of the molecule is CCSCCCn1cc(I)cn1. The molecule has 0 saturated heterocycles. The first-order chi connectivity index (χ1) is 5.83. The lowest BCUT2D eigenvalue weighted by Gasteiger charge is -1.99. The molecule has 0 aliphatic carbocycles. The largest absolute Gasteiger partial charge is 0.272 e. The molecule has 1 aromatic heterocycles. The van der Waals surface area contributed by atoms with Gasteiger partial charge in [0.1, 0.15) is 0 Å². The summed E-state index contributed by atoms with van der Waals surface area (Å²) in [7, 11) is 0. The van der Waals surface area contributed by atoms with Crippen LogP contribution >= 0.6 is 34.4 Å². The van der Waals surface area contributed by atoms with Gasteiger partial charge in [-0.15, -0.1) is 0 Å². The van der Waals surface area contributed by atoms with Crippen LogP contribution in [-0.2, 0) is 6.54 Å². The molecule has 0 amide bonds. The van der Waals surface area contributed by atoms with E-state index in [2.05, 4.69) is 40.8 Å². The molecule has 1 heterocycles. The third kappa shape index (κ3) is 3.80. The lowest BCUT2D eigenvalue weighted by Crippen LogP contribution is -1.99. The quantitative estimate of drug-likeness (QED) is 0.614. The summed E-state index contributed by atoms with van der Waals surface area (Å²) in [5, 5.41) is 4.21. The Bertz CT molecular complexity index is 225. The van der Waals surface area contributed by atoms with Crippen molar-refractivity contribution in [1.82, 2.24) is 9.78 Å². The summed E-state index contributed by atoms with van der Waals surface area (Å²) in [6.45, 7) is 3.25. The van der Waals surface area contributed by atoms with Gasteiger partial charge in [0.2, 0.25) is 0 Å². The summed E-state index contributed by atoms with van der Waals surface area (Å²) >= 11 is 4.27. The summed E-state index contributed by atoms with van der Waals surface area (Å²) < 4.78 is 3.23. The molecule has 0 fully saturated rings. The molecular weight excluding hydrogens is 283 g/mol. The van der Waals surface area contributed by atoms with Gasteiger partial charge in [-0.1, -0.05) is 6.92 Å². The van der Waals surface area contributed by atoms with Crippen molar-refractivity contribution in [1.29, 1.82) is 0 Å². The lowest BCUT2D eigenvalue weighted by molar-refractivity contribution is 0.606. The van der Waals surface area contributed by atoms with E-state index in [1.807, 2.05) is 22.6 Å². The van der Waals surface area contributed by atoms with Crippen LogP contribution in [0.5, 0.6) is 0 Å². The van der Waals surface area contributed by atoms with Crippen LogP contribution in [0.3, 0.4) is 0 Å². The number of thioether (sulfide) groups is 1. The minimum atomic E-state index is 1.05. The van der Waals surface area contributed by atoms with Crippen molar-refractivity contribution in [3.63, 3.8) is 0 Å². The summed E-state index contributed by atoms with van der Waals surface area (Å²) in [5.74, 6) is 2.46. The number of halogens is 1. The van der Waals surface area contributed by atoms with Crippen molar-refractivity contribution in [2.75, 3.05) is 11.5 Å². The Labute approximate surface area is 91.2 Å². The molecule has 0 aliphatic rings. The van der Waals surface area contributed by atoms with Crippen LogP contribution in [0, 0.1) is 3.57 Å². The standard InChI is InChI=1S/C8H13IN2S/c1-2-12-5-3-4-11-7-8(9)6-10-11/h6-7H,2-5H2,1H3. The Hall–Kier alpha value is 0.290. The first kappa shape index (κ1) is 10.4. The zero-order valence-corrected chi connectivity index (χ0v) is 10.1. The maximum absolute atomic E-state index is 4.21. The van der Waals surface area contributed by atoms with Crippen LogP contribution in [0.25, 0.3) is 0 Å². The molecule has 12 heavy (non-hydrogen) atoms. The molecule has 4 heteroatoms. The highest BCUT2D eigenvalue weighted by Gasteiger charge is 1.93. The van der Waals surface area contributed by atoms with E-state index in [9.17, 15) is 0 Å². The average molecular weight is 296 g/mol. The maximum atomic E-state index is 4.21. The van der Waals surface area contributed by atoms with Gasteiger partial charge >= 0.3 is 0 Å². The van der Waals surface area contributed by atoms with Gasteiger partial charge < -0.3 is 0 Å². The van der Waals surface area contributed by atoms with Crippen LogP contribution in [0.2, 0.25) is 0 Å². The maximum Gasteiger partial charge on any atom is 0.0623 e. The van der Waals surface area contributed by atoms with Gasteiger partial charge in [0.05, 0.1) is 9.77 Å². The molecule has 0 unspecified atom stereocenters. The van der Waals surface area contributed by atoms with Crippen molar-refractivity contribution in [3.8, 4) is 0 Å². The second-order valence-electron chi connectivity index (χ2n) is 2.47. The Morgan fingerprint density at radius 1 is 1.67 bits per heavy atom. The van der Waals surface area contributed by atoms with E-state index in [4.69, 9.17) is 0 Å². The van der Waals surface area contributed by atoms with Gasteiger partial charge in [0.25, 0.3) is 0 Å². The second-order valence-corrected chi connectivity index (χ2v) is 5.11. The minimum absolute atomic E-state index is 1.05. The normalized spacial score (nSPS) is 10.5. The average Bonchev–Trinajstić information content (AvgIpc) is 2.45.